The van der Waals surface area contributed by atoms with Crippen molar-refractivity contribution < 1.29 is 9.90 Å². The zero-order valence-corrected chi connectivity index (χ0v) is 7.05. The molecule has 0 saturated heterocycles. The van der Waals surface area contributed by atoms with Gasteiger partial charge in [-0.25, -0.2) is 0 Å². The Morgan fingerprint density at radius 2 is 2.09 bits per heavy atom. The summed E-state index contributed by atoms with van der Waals surface area (Å²) >= 11 is 0. The highest BCUT2D eigenvalue weighted by molar-refractivity contribution is 5.69. The lowest BCUT2D eigenvalue weighted by molar-refractivity contribution is -0.141. The minimum Gasteiger partial charge on any atom is -0.481 e. The smallest absolute Gasteiger partial charge is 0.306 e. The van der Waals surface area contributed by atoms with Crippen LogP contribution in [-0.4, -0.2) is 17.6 Å². The molecule has 0 aromatic rings. The molecule has 0 spiro atoms. The SMILES string of the molecule is C[C@H](CCCCCN)C(=O)O. The molecule has 66 valence electrons. The summed E-state index contributed by atoms with van der Waals surface area (Å²) in [6.45, 7) is 2.45. The van der Waals surface area contributed by atoms with E-state index in [-0.39, 0.29) is 5.92 Å². The summed E-state index contributed by atoms with van der Waals surface area (Å²) in [6.07, 6.45) is 3.81. The van der Waals surface area contributed by atoms with Gasteiger partial charge < -0.3 is 10.8 Å². The van der Waals surface area contributed by atoms with Crippen molar-refractivity contribution in [2.24, 2.45) is 11.7 Å². The predicted octanol–water partition coefficient (Wildman–Crippen LogP) is 1.23. The van der Waals surface area contributed by atoms with Gasteiger partial charge in [0.1, 0.15) is 0 Å². The molecular formula is C8H17NO2. The largest absolute Gasteiger partial charge is 0.481 e. The van der Waals surface area contributed by atoms with Crippen molar-refractivity contribution in [2.75, 3.05) is 6.54 Å². The number of carboxylic acids is 1. The van der Waals surface area contributed by atoms with Crippen molar-refractivity contribution in [3.05, 3.63) is 0 Å². The molecule has 0 amide bonds. The molecule has 0 aromatic carbocycles. The van der Waals surface area contributed by atoms with Crippen LogP contribution in [0.25, 0.3) is 0 Å². The molecular weight excluding hydrogens is 142 g/mol. The average molecular weight is 159 g/mol. The fraction of sp³-hybridized carbons (Fsp3) is 0.875. The van der Waals surface area contributed by atoms with E-state index >= 15 is 0 Å². The number of nitrogens with two attached hydrogens (primary N) is 1. The van der Waals surface area contributed by atoms with Gasteiger partial charge >= 0.3 is 5.97 Å². The van der Waals surface area contributed by atoms with Crippen molar-refractivity contribution in [2.45, 2.75) is 32.6 Å². The molecule has 0 unspecified atom stereocenters. The monoisotopic (exact) mass is 159 g/mol. The molecule has 11 heavy (non-hydrogen) atoms. The first-order chi connectivity index (χ1) is 5.18. The topological polar surface area (TPSA) is 63.3 Å². The summed E-state index contributed by atoms with van der Waals surface area (Å²) in [6, 6.07) is 0. The fourth-order valence-electron chi connectivity index (χ4n) is 0.895. The normalized spacial score (nSPS) is 12.9. The summed E-state index contributed by atoms with van der Waals surface area (Å²) in [7, 11) is 0. The number of rotatable bonds is 6. The van der Waals surface area contributed by atoms with Gasteiger partial charge in [0.25, 0.3) is 0 Å². The zero-order valence-electron chi connectivity index (χ0n) is 7.05. The van der Waals surface area contributed by atoms with E-state index in [4.69, 9.17) is 10.8 Å². The molecule has 0 saturated carbocycles. The average Bonchev–Trinajstić information content (AvgIpc) is 1.97. The third kappa shape index (κ3) is 5.85. The van der Waals surface area contributed by atoms with Gasteiger partial charge in [-0.1, -0.05) is 19.8 Å². The minimum atomic E-state index is -0.697. The van der Waals surface area contributed by atoms with Gasteiger partial charge in [-0.15, -0.1) is 0 Å². The van der Waals surface area contributed by atoms with Gasteiger partial charge in [-0.3, -0.25) is 4.79 Å². The van der Waals surface area contributed by atoms with Crippen LogP contribution in [0.15, 0.2) is 0 Å². The van der Waals surface area contributed by atoms with Crippen LogP contribution >= 0.6 is 0 Å². The standard InChI is InChI=1S/C8H17NO2/c1-7(8(10)11)5-3-2-4-6-9/h7H,2-6,9H2,1H3,(H,10,11)/t7-/m1/s1. The van der Waals surface area contributed by atoms with Gasteiger partial charge in [0.05, 0.1) is 5.92 Å². The van der Waals surface area contributed by atoms with E-state index in [1.54, 1.807) is 6.92 Å². The number of hydrogen-bond acceptors (Lipinski definition) is 2. The van der Waals surface area contributed by atoms with Crippen LogP contribution in [0.4, 0.5) is 0 Å². The van der Waals surface area contributed by atoms with Gasteiger partial charge in [0, 0.05) is 0 Å². The maximum atomic E-state index is 10.3. The lowest BCUT2D eigenvalue weighted by Crippen LogP contribution is -2.09. The Morgan fingerprint density at radius 1 is 1.45 bits per heavy atom. The van der Waals surface area contributed by atoms with E-state index in [2.05, 4.69) is 0 Å². The van der Waals surface area contributed by atoms with Crippen LogP contribution < -0.4 is 5.73 Å². The van der Waals surface area contributed by atoms with E-state index in [0.717, 1.165) is 25.7 Å². The van der Waals surface area contributed by atoms with Crippen LogP contribution in [0.3, 0.4) is 0 Å². The second kappa shape index (κ2) is 6.16. The molecule has 0 aromatic heterocycles. The summed E-state index contributed by atoms with van der Waals surface area (Å²) in [5.41, 5.74) is 5.29. The zero-order chi connectivity index (χ0) is 8.69. The molecule has 1 atom stereocenters. The third-order valence-electron chi connectivity index (χ3n) is 1.76. The van der Waals surface area contributed by atoms with Crippen molar-refractivity contribution in [3.63, 3.8) is 0 Å². The Hall–Kier alpha value is -0.570. The second-order valence-corrected chi connectivity index (χ2v) is 2.88. The Balaban J connectivity index is 3.17. The van der Waals surface area contributed by atoms with E-state index in [9.17, 15) is 4.79 Å². The fourth-order valence-corrected chi connectivity index (χ4v) is 0.895. The maximum absolute atomic E-state index is 10.3. The molecule has 0 rings (SSSR count). The van der Waals surface area contributed by atoms with E-state index < -0.39 is 5.97 Å². The highest BCUT2D eigenvalue weighted by Crippen LogP contribution is 2.08. The van der Waals surface area contributed by atoms with Crippen LogP contribution in [0.1, 0.15) is 32.6 Å². The van der Waals surface area contributed by atoms with Crippen LogP contribution in [0.2, 0.25) is 0 Å². The first kappa shape index (κ1) is 10.4. The molecule has 0 radical (unpaired) electrons. The summed E-state index contributed by atoms with van der Waals surface area (Å²) in [5, 5.41) is 8.51. The summed E-state index contributed by atoms with van der Waals surface area (Å²) < 4.78 is 0. The lowest BCUT2D eigenvalue weighted by atomic mass is 10.0. The van der Waals surface area contributed by atoms with Gasteiger partial charge in [0.15, 0.2) is 0 Å². The molecule has 0 heterocycles. The highest BCUT2D eigenvalue weighted by atomic mass is 16.4. The quantitative estimate of drug-likeness (QED) is 0.573. The summed E-state index contributed by atoms with van der Waals surface area (Å²) in [4.78, 5) is 10.3. The third-order valence-corrected chi connectivity index (χ3v) is 1.76. The molecule has 0 aliphatic rings. The van der Waals surface area contributed by atoms with E-state index in [0.29, 0.717) is 6.54 Å². The van der Waals surface area contributed by atoms with Crippen molar-refractivity contribution in [3.8, 4) is 0 Å². The maximum Gasteiger partial charge on any atom is 0.306 e. The van der Waals surface area contributed by atoms with Gasteiger partial charge in [-0.05, 0) is 19.4 Å². The van der Waals surface area contributed by atoms with Gasteiger partial charge in [0.2, 0.25) is 0 Å². The number of unbranched alkanes of at least 4 members (excludes halogenated alkanes) is 2. The molecule has 3 heteroatoms. The first-order valence-electron chi connectivity index (χ1n) is 4.11. The number of carbonyl (C=O) groups is 1. The molecule has 0 aliphatic heterocycles. The predicted molar refractivity (Wildman–Crippen MR) is 44.3 cm³/mol. The minimum absolute atomic E-state index is 0.201. The number of hydrogen-bond donors (Lipinski definition) is 2. The lowest BCUT2D eigenvalue weighted by Gasteiger charge is -2.04. The molecule has 3 N–H and O–H groups in total. The van der Waals surface area contributed by atoms with Crippen LogP contribution in [0, 0.1) is 5.92 Å². The molecule has 3 nitrogen and oxygen atoms in total. The Bertz CT molecular complexity index is 115. The number of carboxylic acid groups (broad SMARTS) is 1. The van der Waals surface area contributed by atoms with Crippen LogP contribution in [0.5, 0.6) is 0 Å². The van der Waals surface area contributed by atoms with E-state index in [1.165, 1.54) is 0 Å². The molecule has 0 bridgehead atoms. The van der Waals surface area contributed by atoms with E-state index in [1.807, 2.05) is 0 Å². The van der Waals surface area contributed by atoms with Crippen molar-refractivity contribution in [1.82, 2.24) is 0 Å². The first-order valence-corrected chi connectivity index (χ1v) is 4.11. The second-order valence-electron chi connectivity index (χ2n) is 2.88. The van der Waals surface area contributed by atoms with Crippen molar-refractivity contribution in [1.29, 1.82) is 0 Å². The molecule has 0 fully saturated rings. The Kier molecular flexibility index (Phi) is 5.84. The summed E-state index contributed by atoms with van der Waals surface area (Å²) in [5.74, 6) is -0.898. The molecule has 0 aliphatic carbocycles. The van der Waals surface area contributed by atoms with Crippen molar-refractivity contribution >= 4 is 5.97 Å². The number of aliphatic carboxylic acids is 1. The van der Waals surface area contributed by atoms with Gasteiger partial charge in [-0.2, -0.15) is 0 Å². The highest BCUT2D eigenvalue weighted by Gasteiger charge is 2.08. The Labute approximate surface area is 67.6 Å². The van der Waals surface area contributed by atoms with Crippen LogP contribution in [-0.2, 0) is 4.79 Å². The Morgan fingerprint density at radius 3 is 2.55 bits per heavy atom.